The van der Waals surface area contributed by atoms with Gasteiger partial charge in [-0.1, -0.05) is 35.0 Å². The fourth-order valence-corrected chi connectivity index (χ4v) is 4.70. The second-order valence-corrected chi connectivity index (χ2v) is 8.01. The van der Waals surface area contributed by atoms with Crippen molar-refractivity contribution in [1.82, 2.24) is 4.31 Å². The van der Waals surface area contributed by atoms with Crippen molar-refractivity contribution in [2.24, 2.45) is 0 Å². The van der Waals surface area contributed by atoms with Gasteiger partial charge in [0.05, 0.1) is 5.75 Å². The Kier molecular flexibility index (Phi) is 5.03. The van der Waals surface area contributed by atoms with Gasteiger partial charge in [-0.05, 0) is 43.4 Å². The average Bonchev–Trinajstić information content (AvgIpc) is 2.81. The number of sulfonamides is 1. The topological polar surface area (TPSA) is 37.4 Å². The van der Waals surface area contributed by atoms with Crippen molar-refractivity contribution >= 4 is 26.0 Å². The lowest BCUT2D eigenvalue weighted by atomic mass is 10.1. The Hall–Kier alpha value is -0.390. The van der Waals surface area contributed by atoms with Crippen LogP contribution in [0, 0.1) is 0 Å². The van der Waals surface area contributed by atoms with E-state index in [4.69, 9.17) is 0 Å². The number of halogens is 1. The Bertz CT molecular complexity index is 513. The molecule has 1 atom stereocenters. The summed E-state index contributed by atoms with van der Waals surface area (Å²) in [6.07, 6.45) is 3.45. The van der Waals surface area contributed by atoms with Gasteiger partial charge in [-0.25, -0.2) is 8.42 Å². The molecular weight excluding hydrogens is 326 g/mol. The molecule has 0 aliphatic carbocycles. The van der Waals surface area contributed by atoms with Crippen LogP contribution in [0.15, 0.2) is 28.7 Å². The molecule has 0 spiro atoms. The molecule has 0 radical (unpaired) electrons. The molecule has 0 saturated carbocycles. The Morgan fingerprint density at radius 3 is 2.63 bits per heavy atom. The van der Waals surface area contributed by atoms with Crippen molar-refractivity contribution in [3.8, 4) is 0 Å². The summed E-state index contributed by atoms with van der Waals surface area (Å²) in [4.78, 5) is 0. The molecule has 1 unspecified atom stereocenters. The van der Waals surface area contributed by atoms with E-state index in [-0.39, 0.29) is 11.8 Å². The largest absolute Gasteiger partial charge is 0.214 e. The third-order valence-corrected chi connectivity index (χ3v) is 6.18. The summed E-state index contributed by atoms with van der Waals surface area (Å²) in [5, 5.41) is 0. The van der Waals surface area contributed by atoms with Gasteiger partial charge in [-0.2, -0.15) is 4.31 Å². The Balaban J connectivity index is 2.09. The van der Waals surface area contributed by atoms with E-state index < -0.39 is 10.0 Å². The SMILES string of the molecule is CCCS(=O)(=O)N1CCCC1Cc1ccc(Br)cc1. The van der Waals surface area contributed by atoms with Crippen LogP contribution in [0.2, 0.25) is 0 Å². The molecule has 0 N–H and O–H groups in total. The maximum Gasteiger partial charge on any atom is 0.214 e. The standard InChI is InChI=1S/C14H20BrNO2S/c1-2-10-19(17,18)16-9-3-4-14(16)11-12-5-7-13(15)8-6-12/h5-8,14H,2-4,9-11H2,1H3. The van der Waals surface area contributed by atoms with Crippen molar-refractivity contribution in [1.29, 1.82) is 0 Å². The van der Waals surface area contributed by atoms with Crippen LogP contribution in [0.4, 0.5) is 0 Å². The van der Waals surface area contributed by atoms with Crippen LogP contribution in [-0.4, -0.2) is 31.1 Å². The van der Waals surface area contributed by atoms with Crippen LogP contribution in [0.25, 0.3) is 0 Å². The molecule has 106 valence electrons. The minimum absolute atomic E-state index is 0.137. The van der Waals surface area contributed by atoms with Gasteiger partial charge in [0.2, 0.25) is 10.0 Å². The molecule has 0 aromatic heterocycles. The molecular formula is C14H20BrNO2S. The highest BCUT2D eigenvalue weighted by Gasteiger charge is 2.33. The summed E-state index contributed by atoms with van der Waals surface area (Å²) in [5.74, 6) is 0.268. The van der Waals surface area contributed by atoms with Crippen molar-refractivity contribution in [2.75, 3.05) is 12.3 Å². The normalized spacial score (nSPS) is 20.8. The lowest BCUT2D eigenvalue weighted by Crippen LogP contribution is -2.38. The van der Waals surface area contributed by atoms with Gasteiger partial charge in [0.15, 0.2) is 0 Å². The van der Waals surface area contributed by atoms with Gasteiger partial charge in [-0.15, -0.1) is 0 Å². The van der Waals surface area contributed by atoms with Gasteiger partial charge in [-0.3, -0.25) is 0 Å². The predicted octanol–water partition coefficient (Wildman–Crippen LogP) is 3.20. The molecule has 1 aliphatic rings. The van der Waals surface area contributed by atoms with Gasteiger partial charge >= 0.3 is 0 Å². The Labute approximate surface area is 124 Å². The molecule has 1 fully saturated rings. The molecule has 5 heteroatoms. The van der Waals surface area contributed by atoms with Gasteiger partial charge in [0.25, 0.3) is 0 Å². The van der Waals surface area contributed by atoms with Crippen molar-refractivity contribution in [3.63, 3.8) is 0 Å². The highest BCUT2D eigenvalue weighted by molar-refractivity contribution is 9.10. The second kappa shape index (κ2) is 6.37. The number of benzene rings is 1. The molecule has 0 bridgehead atoms. The first-order valence-electron chi connectivity index (χ1n) is 6.77. The van der Waals surface area contributed by atoms with E-state index >= 15 is 0 Å². The summed E-state index contributed by atoms with van der Waals surface area (Å²) in [6, 6.07) is 8.28. The van der Waals surface area contributed by atoms with E-state index in [1.54, 1.807) is 4.31 Å². The summed E-state index contributed by atoms with van der Waals surface area (Å²) in [6.45, 7) is 2.60. The number of rotatable bonds is 5. The van der Waals surface area contributed by atoms with E-state index in [1.807, 2.05) is 19.1 Å². The lowest BCUT2D eigenvalue weighted by Gasteiger charge is -2.24. The average molecular weight is 346 g/mol. The van der Waals surface area contributed by atoms with Crippen LogP contribution in [0.5, 0.6) is 0 Å². The summed E-state index contributed by atoms with van der Waals surface area (Å²) in [5.41, 5.74) is 1.20. The maximum absolute atomic E-state index is 12.2. The minimum Gasteiger partial charge on any atom is -0.212 e. The fourth-order valence-electron chi connectivity index (χ4n) is 2.65. The van der Waals surface area contributed by atoms with Gasteiger partial charge < -0.3 is 0 Å². The fraction of sp³-hybridized carbons (Fsp3) is 0.571. The first-order valence-corrected chi connectivity index (χ1v) is 9.17. The van der Waals surface area contributed by atoms with Crippen LogP contribution < -0.4 is 0 Å². The van der Waals surface area contributed by atoms with Gasteiger partial charge in [0.1, 0.15) is 0 Å². The monoisotopic (exact) mass is 345 g/mol. The molecule has 1 aromatic rings. The van der Waals surface area contributed by atoms with Crippen LogP contribution in [0.1, 0.15) is 31.7 Å². The first kappa shape index (κ1) is 15.0. The zero-order chi connectivity index (χ0) is 13.9. The molecule has 19 heavy (non-hydrogen) atoms. The second-order valence-electron chi connectivity index (χ2n) is 5.05. The Morgan fingerprint density at radius 1 is 1.32 bits per heavy atom. The lowest BCUT2D eigenvalue weighted by molar-refractivity contribution is 0.385. The number of nitrogens with zero attached hydrogens (tertiary/aromatic N) is 1. The van der Waals surface area contributed by atoms with Crippen molar-refractivity contribution in [3.05, 3.63) is 34.3 Å². The van der Waals surface area contributed by atoms with Crippen LogP contribution in [-0.2, 0) is 16.4 Å². The summed E-state index contributed by atoms with van der Waals surface area (Å²) in [7, 11) is -3.06. The van der Waals surface area contributed by atoms with Crippen molar-refractivity contribution < 1.29 is 8.42 Å². The molecule has 1 aliphatic heterocycles. The third kappa shape index (κ3) is 3.80. The van der Waals surface area contributed by atoms with Gasteiger partial charge in [0, 0.05) is 17.1 Å². The third-order valence-electron chi connectivity index (χ3n) is 3.53. The molecule has 1 heterocycles. The van der Waals surface area contributed by atoms with E-state index in [9.17, 15) is 8.42 Å². The highest BCUT2D eigenvalue weighted by atomic mass is 79.9. The molecule has 3 nitrogen and oxygen atoms in total. The quantitative estimate of drug-likeness (QED) is 0.821. The summed E-state index contributed by atoms with van der Waals surface area (Å²) < 4.78 is 27.2. The van der Waals surface area contributed by atoms with E-state index in [1.165, 1.54) is 5.56 Å². The van der Waals surface area contributed by atoms with Crippen molar-refractivity contribution in [2.45, 2.75) is 38.6 Å². The van der Waals surface area contributed by atoms with Crippen LogP contribution >= 0.6 is 15.9 Å². The Morgan fingerprint density at radius 2 is 2.00 bits per heavy atom. The predicted molar refractivity (Wildman–Crippen MR) is 81.7 cm³/mol. The van der Waals surface area contributed by atoms with E-state index in [0.717, 1.165) is 23.7 Å². The zero-order valence-electron chi connectivity index (χ0n) is 11.2. The molecule has 0 amide bonds. The molecule has 1 saturated heterocycles. The zero-order valence-corrected chi connectivity index (χ0v) is 13.6. The minimum atomic E-state index is -3.06. The molecule has 2 rings (SSSR count). The van der Waals surface area contributed by atoms with E-state index in [0.29, 0.717) is 13.0 Å². The summed E-state index contributed by atoms with van der Waals surface area (Å²) >= 11 is 3.42. The smallest absolute Gasteiger partial charge is 0.212 e. The number of hydrogen-bond acceptors (Lipinski definition) is 2. The highest BCUT2D eigenvalue weighted by Crippen LogP contribution is 2.25. The number of hydrogen-bond donors (Lipinski definition) is 0. The van der Waals surface area contributed by atoms with Crippen LogP contribution in [0.3, 0.4) is 0 Å². The first-order chi connectivity index (χ1) is 9.03. The van der Waals surface area contributed by atoms with E-state index in [2.05, 4.69) is 28.1 Å². The maximum atomic E-state index is 12.2. The molecule has 1 aromatic carbocycles.